The summed E-state index contributed by atoms with van der Waals surface area (Å²) in [7, 11) is 3.19. The maximum Gasteiger partial charge on any atom is 0.179 e. The van der Waals surface area contributed by atoms with Gasteiger partial charge in [-0.25, -0.2) is 0 Å². The summed E-state index contributed by atoms with van der Waals surface area (Å²) in [5.74, 6) is 1.88. The van der Waals surface area contributed by atoms with E-state index in [0.29, 0.717) is 22.4 Å². The summed E-state index contributed by atoms with van der Waals surface area (Å²) < 4.78 is 10.5. The van der Waals surface area contributed by atoms with E-state index in [4.69, 9.17) is 21.1 Å². The first-order valence-electron chi connectivity index (χ1n) is 7.43. The second kappa shape index (κ2) is 7.87. The number of hydrogen-bond donors (Lipinski definition) is 2. The van der Waals surface area contributed by atoms with Gasteiger partial charge in [-0.3, -0.25) is 0 Å². The lowest BCUT2D eigenvalue weighted by Gasteiger charge is -2.25. The Kier molecular flexibility index (Phi) is 6.15. The molecule has 0 heterocycles. The van der Waals surface area contributed by atoms with E-state index in [1.165, 1.54) is 0 Å². The molecule has 0 radical (unpaired) electrons. The molecule has 5 heteroatoms. The molecule has 1 fully saturated rings. The Morgan fingerprint density at radius 2 is 1.90 bits per heavy atom. The third-order valence-electron chi connectivity index (χ3n) is 4.07. The van der Waals surface area contributed by atoms with Gasteiger partial charge in [0, 0.05) is 6.54 Å². The van der Waals surface area contributed by atoms with E-state index in [1.807, 2.05) is 12.1 Å². The number of nitrogens with one attached hydrogen (secondary N) is 1. The number of rotatable bonds is 6. The van der Waals surface area contributed by atoms with Gasteiger partial charge in [0.1, 0.15) is 0 Å². The second-order valence-corrected chi connectivity index (χ2v) is 6.03. The average molecular weight is 314 g/mol. The Bertz CT molecular complexity index is 459. The molecule has 1 saturated carbocycles. The number of aliphatic hydroxyl groups is 1. The molecule has 1 aliphatic rings. The lowest BCUT2D eigenvalue weighted by molar-refractivity contribution is 0.108. The molecule has 2 N–H and O–H groups in total. The zero-order valence-electron chi connectivity index (χ0n) is 12.7. The molecule has 2 rings (SSSR count). The van der Waals surface area contributed by atoms with Gasteiger partial charge in [0.25, 0.3) is 0 Å². The van der Waals surface area contributed by atoms with E-state index in [1.54, 1.807) is 14.2 Å². The van der Waals surface area contributed by atoms with Gasteiger partial charge in [-0.1, -0.05) is 11.6 Å². The average Bonchev–Trinajstić information content (AvgIpc) is 2.48. The first-order valence-corrected chi connectivity index (χ1v) is 7.81. The fourth-order valence-corrected chi connectivity index (χ4v) is 3.15. The van der Waals surface area contributed by atoms with Crippen molar-refractivity contribution in [1.29, 1.82) is 0 Å². The first kappa shape index (κ1) is 16.4. The van der Waals surface area contributed by atoms with Crippen LogP contribution in [-0.2, 0) is 6.54 Å². The number of aliphatic hydroxyl groups excluding tert-OH is 1. The van der Waals surface area contributed by atoms with Crippen LogP contribution in [0.1, 0.15) is 31.2 Å². The van der Waals surface area contributed by atoms with Crippen LogP contribution in [0.25, 0.3) is 0 Å². The number of ether oxygens (including phenoxy) is 2. The predicted molar refractivity (Wildman–Crippen MR) is 84.2 cm³/mol. The van der Waals surface area contributed by atoms with Gasteiger partial charge in [0.2, 0.25) is 0 Å². The van der Waals surface area contributed by atoms with Crippen molar-refractivity contribution in [3.8, 4) is 11.5 Å². The molecule has 0 spiro atoms. The smallest absolute Gasteiger partial charge is 0.179 e. The van der Waals surface area contributed by atoms with Crippen molar-refractivity contribution in [2.75, 3.05) is 20.8 Å². The number of methoxy groups -OCH3 is 2. The Hall–Kier alpha value is -0.970. The maximum absolute atomic E-state index is 9.51. The van der Waals surface area contributed by atoms with Crippen LogP contribution in [0.3, 0.4) is 0 Å². The van der Waals surface area contributed by atoms with E-state index in [9.17, 15) is 5.11 Å². The lowest BCUT2D eigenvalue weighted by Crippen LogP contribution is -2.27. The van der Waals surface area contributed by atoms with E-state index < -0.39 is 0 Å². The summed E-state index contributed by atoms with van der Waals surface area (Å²) >= 11 is 6.20. The van der Waals surface area contributed by atoms with Gasteiger partial charge in [0.05, 0.1) is 25.3 Å². The van der Waals surface area contributed by atoms with Crippen LogP contribution in [0.4, 0.5) is 0 Å². The molecule has 1 aromatic rings. The van der Waals surface area contributed by atoms with Crippen molar-refractivity contribution in [1.82, 2.24) is 5.32 Å². The third-order valence-corrected chi connectivity index (χ3v) is 4.35. The largest absolute Gasteiger partial charge is 0.493 e. The van der Waals surface area contributed by atoms with Crippen LogP contribution in [0, 0.1) is 5.92 Å². The SMILES string of the molecule is COc1cc(CNCC2CCC(O)CC2)cc(Cl)c1OC. The lowest BCUT2D eigenvalue weighted by atomic mass is 9.87. The van der Waals surface area contributed by atoms with Crippen molar-refractivity contribution >= 4 is 11.6 Å². The zero-order chi connectivity index (χ0) is 15.2. The fraction of sp³-hybridized carbons (Fsp3) is 0.625. The molecular formula is C16H24ClNO3. The molecule has 118 valence electrons. The molecule has 0 unspecified atom stereocenters. The first-order chi connectivity index (χ1) is 10.1. The van der Waals surface area contributed by atoms with Crippen molar-refractivity contribution < 1.29 is 14.6 Å². The molecule has 1 aliphatic carbocycles. The van der Waals surface area contributed by atoms with Crippen LogP contribution < -0.4 is 14.8 Å². The van der Waals surface area contributed by atoms with Gasteiger partial charge in [-0.2, -0.15) is 0 Å². The van der Waals surface area contributed by atoms with Crippen LogP contribution in [0.5, 0.6) is 11.5 Å². The quantitative estimate of drug-likeness (QED) is 0.847. The van der Waals surface area contributed by atoms with Crippen LogP contribution in [-0.4, -0.2) is 32.0 Å². The summed E-state index contributed by atoms with van der Waals surface area (Å²) in [6, 6.07) is 3.85. The van der Waals surface area contributed by atoms with Crippen molar-refractivity contribution in [2.24, 2.45) is 5.92 Å². The summed E-state index contributed by atoms with van der Waals surface area (Å²) in [6.07, 6.45) is 3.95. The van der Waals surface area contributed by atoms with E-state index >= 15 is 0 Å². The topological polar surface area (TPSA) is 50.7 Å². The highest BCUT2D eigenvalue weighted by Crippen LogP contribution is 2.36. The highest BCUT2D eigenvalue weighted by molar-refractivity contribution is 6.32. The van der Waals surface area contributed by atoms with E-state index in [0.717, 1.165) is 44.3 Å². The summed E-state index contributed by atoms with van der Waals surface area (Å²) in [5, 5.41) is 13.5. The Balaban J connectivity index is 1.87. The maximum atomic E-state index is 9.51. The zero-order valence-corrected chi connectivity index (χ0v) is 13.4. The highest BCUT2D eigenvalue weighted by atomic mass is 35.5. The number of benzene rings is 1. The van der Waals surface area contributed by atoms with Crippen LogP contribution in [0.2, 0.25) is 5.02 Å². The molecule has 0 atom stereocenters. The second-order valence-electron chi connectivity index (χ2n) is 5.62. The summed E-state index contributed by atoms with van der Waals surface area (Å²) in [5.41, 5.74) is 1.08. The van der Waals surface area contributed by atoms with Crippen LogP contribution >= 0.6 is 11.6 Å². The minimum atomic E-state index is -0.0918. The van der Waals surface area contributed by atoms with Crippen molar-refractivity contribution in [2.45, 2.75) is 38.3 Å². The number of halogens is 1. The van der Waals surface area contributed by atoms with Gasteiger partial charge in [-0.05, 0) is 55.8 Å². The van der Waals surface area contributed by atoms with E-state index in [-0.39, 0.29) is 6.10 Å². The molecule has 0 bridgehead atoms. The molecule has 1 aromatic carbocycles. The molecule has 0 saturated heterocycles. The molecule has 0 amide bonds. The minimum Gasteiger partial charge on any atom is -0.493 e. The Morgan fingerprint density at radius 1 is 1.19 bits per heavy atom. The predicted octanol–water partition coefficient (Wildman–Crippen LogP) is 3.00. The summed E-state index contributed by atoms with van der Waals surface area (Å²) in [6.45, 7) is 1.72. The number of hydrogen-bond acceptors (Lipinski definition) is 4. The highest BCUT2D eigenvalue weighted by Gasteiger charge is 2.19. The third kappa shape index (κ3) is 4.50. The summed E-state index contributed by atoms with van der Waals surface area (Å²) in [4.78, 5) is 0. The minimum absolute atomic E-state index is 0.0918. The monoisotopic (exact) mass is 313 g/mol. The molecule has 0 aliphatic heterocycles. The standard InChI is InChI=1S/C16H24ClNO3/c1-20-15-8-12(7-14(17)16(15)21-2)10-18-9-11-3-5-13(19)6-4-11/h7-8,11,13,18-19H,3-6,9-10H2,1-2H3. The molecule has 0 aromatic heterocycles. The molecule has 4 nitrogen and oxygen atoms in total. The van der Waals surface area contributed by atoms with Crippen molar-refractivity contribution in [3.63, 3.8) is 0 Å². The van der Waals surface area contributed by atoms with Gasteiger partial charge in [0.15, 0.2) is 11.5 Å². The fourth-order valence-electron chi connectivity index (χ4n) is 2.84. The Labute approximate surface area is 131 Å². The van der Waals surface area contributed by atoms with Crippen LogP contribution in [0.15, 0.2) is 12.1 Å². The van der Waals surface area contributed by atoms with Gasteiger partial charge in [-0.15, -0.1) is 0 Å². The Morgan fingerprint density at radius 3 is 2.52 bits per heavy atom. The normalized spacial score (nSPS) is 22.1. The molecular weight excluding hydrogens is 290 g/mol. The van der Waals surface area contributed by atoms with Crippen molar-refractivity contribution in [3.05, 3.63) is 22.7 Å². The molecule has 21 heavy (non-hydrogen) atoms. The van der Waals surface area contributed by atoms with Gasteiger partial charge >= 0.3 is 0 Å². The van der Waals surface area contributed by atoms with Gasteiger partial charge < -0.3 is 19.9 Å². The van der Waals surface area contributed by atoms with E-state index in [2.05, 4.69) is 5.32 Å².